The topological polar surface area (TPSA) is 34.1 Å². The number of aryl methyl sites for hydroxylation is 2. The molecule has 1 N–H and O–H groups in total. The Hall–Kier alpha value is -2.03. The summed E-state index contributed by atoms with van der Waals surface area (Å²) in [6.07, 6.45) is 1.79. The molecule has 19 heavy (non-hydrogen) atoms. The fourth-order valence-corrected chi connectivity index (χ4v) is 1.95. The lowest BCUT2D eigenvalue weighted by Gasteiger charge is -2.16. The molecule has 1 aromatic carbocycles. The van der Waals surface area contributed by atoms with Gasteiger partial charge in [0, 0.05) is 12.1 Å². The SMILES string of the molecule is COc1ccc(NC(C)c2ccc(C)c(C)c2)cn1. The van der Waals surface area contributed by atoms with E-state index in [1.165, 1.54) is 16.7 Å². The molecule has 0 aliphatic heterocycles. The quantitative estimate of drug-likeness (QED) is 0.901. The molecule has 2 aromatic rings. The van der Waals surface area contributed by atoms with Gasteiger partial charge in [0.2, 0.25) is 5.88 Å². The number of ether oxygens (including phenoxy) is 1. The van der Waals surface area contributed by atoms with Gasteiger partial charge in [-0.25, -0.2) is 4.98 Å². The number of benzene rings is 1. The van der Waals surface area contributed by atoms with Gasteiger partial charge in [0.15, 0.2) is 0 Å². The van der Waals surface area contributed by atoms with Gasteiger partial charge in [-0.1, -0.05) is 18.2 Å². The van der Waals surface area contributed by atoms with Crippen LogP contribution >= 0.6 is 0 Å². The summed E-state index contributed by atoms with van der Waals surface area (Å²) in [7, 11) is 1.62. The van der Waals surface area contributed by atoms with Crippen molar-refractivity contribution in [3.63, 3.8) is 0 Å². The highest BCUT2D eigenvalue weighted by Gasteiger charge is 2.06. The van der Waals surface area contributed by atoms with Crippen molar-refractivity contribution in [3.8, 4) is 5.88 Å². The second-order valence-corrected chi connectivity index (χ2v) is 4.80. The van der Waals surface area contributed by atoms with Gasteiger partial charge >= 0.3 is 0 Å². The number of nitrogens with zero attached hydrogens (tertiary/aromatic N) is 1. The fourth-order valence-electron chi connectivity index (χ4n) is 1.95. The summed E-state index contributed by atoms with van der Waals surface area (Å²) in [6.45, 7) is 6.42. The zero-order valence-electron chi connectivity index (χ0n) is 11.9. The zero-order valence-corrected chi connectivity index (χ0v) is 11.9. The first-order valence-electron chi connectivity index (χ1n) is 6.44. The Bertz CT molecular complexity index is 549. The normalized spacial score (nSPS) is 12.0. The molecule has 100 valence electrons. The molecular formula is C16H20N2O. The lowest BCUT2D eigenvalue weighted by molar-refractivity contribution is 0.398. The van der Waals surface area contributed by atoms with E-state index in [4.69, 9.17) is 4.74 Å². The van der Waals surface area contributed by atoms with Crippen LogP contribution in [0.4, 0.5) is 5.69 Å². The van der Waals surface area contributed by atoms with Crippen LogP contribution in [0.1, 0.15) is 29.7 Å². The predicted molar refractivity (Wildman–Crippen MR) is 78.7 cm³/mol. The number of hydrogen-bond acceptors (Lipinski definition) is 3. The summed E-state index contributed by atoms with van der Waals surface area (Å²) in [4.78, 5) is 4.19. The van der Waals surface area contributed by atoms with Crippen LogP contribution in [-0.2, 0) is 0 Å². The number of hydrogen-bond donors (Lipinski definition) is 1. The number of rotatable bonds is 4. The van der Waals surface area contributed by atoms with Crippen molar-refractivity contribution in [2.45, 2.75) is 26.8 Å². The Balaban J connectivity index is 2.10. The Kier molecular flexibility index (Phi) is 4.05. The van der Waals surface area contributed by atoms with E-state index in [-0.39, 0.29) is 6.04 Å². The lowest BCUT2D eigenvalue weighted by atomic mass is 10.0. The summed E-state index contributed by atoms with van der Waals surface area (Å²) < 4.78 is 5.05. The van der Waals surface area contributed by atoms with Crippen molar-refractivity contribution in [3.05, 3.63) is 53.2 Å². The van der Waals surface area contributed by atoms with Crippen molar-refractivity contribution in [2.24, 2.45) is 0 Å². The van der Waals surface area contributed by atoms with Crippen molar-refractivity contribution in [2.75, 3.05) is 12.4 Å². The number of anilines is 1. The Labute approximate surface area is 114 Å². The fraction of sp³-hybridized carbons (Fsp3) is 0.312. The molecule has 0 fully saturated rings. The molecule has 0 amide bonds. The first-order chi connectivity index (χ1) is 9.10. The largest absolute Gasteiger partial charge is 0.481 e. The molecule has 3 nitrogen and oxygen atoms in total. The molecule has 1 aromatic heterocycles. The Morgan fingerprint density at radius 1 is 1.11 bits per heavy atom. The number of aromatic nitrogens is 1. The third-order valence-corrected chi connectivity index (χ3v) is 3.36. The highest BCUT2D eigenvalue weighted by molar-refractivity contribution is 5.45. The van der Waals surface area contributed by atoms with Crippen LogP contribution in [-0.4, -0.2) is 12.1 Å². The molecule has 0 radical (unpaired) electrons. The van der Waals surface area contributed by atoms with E-state index in [0.29, 0.717) is 5.88 Å². The third kappa shape index (κ3) is 3.25. The average molecular weight is 256 g/mol. The van der Waals surface area contributed by atoms with Gasteiger partial charge in [0.25, 0.3) is 0 Å². The molecular weight excluding hydrogens is 236 g/mol. The molecule has 0 aliphatic carbocycles. The minimum absolute atomic E-state index is 0.245. The summed E-state index contributed by atoms with van der Waals surface area (Å²) in [5.74, 6) is 0.629. The first kappa shape index (κ1) is 13.4. The zero-order chi connectivity index (χ0) is 13.8. The van der Waals surface area contributed by atoms with E-state index in [2.05, 4.69) is 49.3 Å². The van der Waals surface area contributed by atoms with E-state index in [0.717, 1.165) is 5.69 Å². The maximum absolute atomic E-state index is 5.05. The van der Waals surface area contributed by atoms with Crippen LogP contribution in [0.15, 0.2) is 36.5 Å². The van der Waals surface area contributed by atoms with Crippen molar-refractivity contribution in [1.29, 1.82) is 0 Å². The maximum atomic E-state index is 5.05. The number of pyridine rings is 1. The van der Waals surface area contributed by atoms with Gasteiger partial charge in [-0.3, -0.25) is 0 Å². The summed E-state index contributed by atoms with van der Waals surface area (Å²) in [6, 6.07) is 10.6. The van der Waals surface area contributed by atoms with Crippen LogP contribution < -0.4 is 10.1 Å². The minimum Gasteiger partial charge on any atom is -0.481 e. The third-order valence-electron chi connectivity index (χ3n) is 3.36. The van der Waals surface area contributed by atoms with Gasteiger partial charge < -0.3 is 10.1 Å². The monoisotopic (exact) mass is 256 g/mol. The highest BCUT2D eigenvalue weighted by atomic mass is 16.5. The Morgan fingerprint density at radius 3 is 2.47 bits per heavy atom. The molecule has 2 rings (SSSR count). The van der Waals surface area contributed by atoms with Crippen molar-refractivity contribution < 1.29 is 4.74 Å². The minimum atomic E-state index is 0.245. The summed E-state index contributed by atoms with van der Waals surface area (Å²) >= 11 is 0. The van der Waals surface area contributed by atoms with Crippen LogP contribution in [0.3, 0.4) is 0 Å². The number of methoxy groups -OCH3 is 1. The molecule has 0 spiro atoms. The van der Waals surface area contributed by atoms with Gasteiger partial charge in [-0.05, 0) is 43.5 Å². The second-order valence-electron chi connectivity index (χ2n) is 4.80. The van der Waals surface area contributed by atoms with Crippen molar-refractivity contribution in [1.82, 2.24) is 4.98 Å². The van der Waals surface area contributed by atoms with E-state index >= 15 is 0 Å². The van der Waals surface area contributed by atoms with Crippen LogP contribution in [0.2, 0.25) is 0 Å². The highest BCUT2D eigenvalue weighted by Crippen LogP contribution is 2.21. The van der Waals surface area contributed by atoms with E-state index in [1.807, 2.05) is 12.1 Å². The van der Waals surface area contributed by atoms with Crippen LogP contribution in [0.5, 0.6) is 5.88 Å². The molecule has 1 unspecified atom stereocenters. The second kappa shape index (κ2) is 5.74. The average Bonchev–Trinajstić information content (AvgIpc) is 2.42. The van der Waals surface area contributed by atoms with Gasteiger partial charge in [0.1, 0.15) is 0 Å². The maximum Gasteiger partial charge on any atom is 0.213 e. The van der Waals surface area contributed by atoms with E-state index < -0.39 is 0 Å². The molecule has 3 heteroatoms. The molecule has 0 saturated carbocycles. The summed E-state index contributed by atoms with van der Waals surface area (Å²) in [5, 5.41) is 3.44. The molecule has 0 saturated heterocycles. The predicted octanol–water partition coefficient (Wildman–Crippen LogP) is 3.88. The Morgan fingerprint density at radius 2 is 1.89 bits per heavy atom. The standard InChI is InChI=1S/C16H20N2O/c1-11-5-6-14(9-12(11)2)13(3)18-15-7-8-16(19-4)17-10-15/h5-10,13,18H,1-4H3. The lowest BCUT2D eigenvalue weighted by Crippen LogP contribution is -2.07. The van der Waals surface area contributed by atoms with E-state index in [1.54, 1.807) is 13.3 Å². The summed E-state index contributed by atoms with van der Waals surface area (Å²) in [5.41, 5.74) is 4.91. The molecule has 0 aliphatic rings. The molecule has 1 atom stereocenters. The van der Waals surface area contributed by atoms with Crippen LogP contribution in [0, 0.1) is 13.8 Å². The van der Waals surface area contributed by atoms with Crippen LogP contribution in [0.25, 0.3) is 0 Å². The first-order valence-corrected chi connectivity index (χ1v) is 6.44. The van der Waals surface area contributed by atoms with Crippen molar-refractivity contribution >= 4 is 5.69 Å². The van der Waals surface area contributed by atoms with Gasteiger partial charge in [-0.15, -0.1) is 0 Å². The van der Waals surface area contributed by atoms with E-state index in [9.17, 15) is 0 Å². The van der Waals surface area contributed by atoms with Gasteiger partial charge in [0.05, 0.1) is 19.0 Å². The van der Waals surface area contributed by atoms with Gasteiger partial charge in [-0.2, -0.15) is 0 Å². The smallest absolute Gasteiger partial charge is 0.213 e. The number of nitrogens with one attached hydrogen (secondary N) is 1. The molecule has 1 heterocycles. The molecule has 0 bridgehead atoms.